The van der Waals surface area contributed by atoms with Crippen LogP contribution in [0.3, 0.4) is 0 Å². The second kappa shape index (κ2) is 5.83. The largest absolute Gasteiger partial charge is 0.465 e. The van der Waals surface area contributed by atoms with Crippen molar-refractivity contribution in [3.8, 4) is 0 Å². The predicted octanol–water partition coefficient (Wildman–Crippen LogP) is 3.12. The van der Waals surface area contributed by atoms with E-state index >= 15 is 0 Å². The van der Waals surface area contributed by atoms with Gasteiger partial charge in [-0.05, 0) is 31.2 Å². The maximum atomic E-state index is 11.3. The topological polar surface area (TPSA) is 49.8 Å². The van der Waals surface area contributed by atoms with E-state index in [1.54, 1.807) is 4.90 Å². The Morgan fingerprint density at radius 2 is 2.05 bits per heavy atom. The van der Waals surface area contributed by atoms with Crippen LogP contribution in [0.2, 0.25) is 0 Å². The summed E-state index contributed by atoms with van der Waals surface area (Å²) in [6.45, 7) is 1.31. The van der Waals surface area contributed by atoms with Crippen molar-refractivity contribution in [1.29, 1.82) is 0 Å². The normalized spacial score (nSPS) is 29.2. The average molecular weight is 275 g/mol. The first-order valence-corrected chi connectivity index (χ1v) is 7.41. The molecule has 1 saturated carbocycles. The van der Waals surface area contributed by atoms with Crippen LogP contribution in [0.5, 0.6) is 0 Å². The number of fused-ring (bicyclic) bond motifs is 1. The lowest BCUT2D eigenvalue weighted by Gasteiger charge is -2.37. The minimum Gasteiger partial charge on any atom is -0.465 e. The van der Waals surface area contributed by atoms with Gasteiger partial charge in [-0.3, -0.25) is 0 Å². The molecular weight excluding hydrogens is 254 g/mol. The Balaban J connectivity index is 1.60. The van der Waals surface area contributed by atoms with Gasteiger partial charge in [0.2, 0.25) is 0 Å². The molecule has 1 aromatic carbocycles. The molecule has 1 saturated heterocycles. The minimum atomic E-state index is -0.775. The molecule has 0 spiro atoms. The Morgan fingerprint density at radius 3 is 2.80 bits per heavy atom. The van der Waals surface area contributed by atoms with Crippen molar-refractivity contribution in [3.63, 3.8) is 0 Å². The quantitative estimate of drug-likeness (QED) is 0.922. The Bertz CT molecular complexity index is 462. The Hall–Kier alpha value is -1.55. The lowest BCUT2D eigenvalue weighted by molar-refractivity contribution is -0.0111. The molecule has 2 fully saturated rings. The molecule has 1 heterocycles. The number of ether oxygens (including phenoxy) is 1. The minimum absolute atomic E-state index is 0.169. The number of nitrogens with zero attached hydrogens (tertiary/aromatic N) is 1. The van der Waals surface area contributed by atoms with E-state index in [0.717, 1.165) is 25.7 Å². The number of likely N-dealkylation sites (tertiary alicyclic amines) is 1. The molecule has 0 aromatic heterocycles. The van der Waals surface area contributed by atoms with Crippen molar-refractivity contribution in [1.82, 2.24) is 4.90 Å². The fourth-order valence-electron chi connectivity index (χ4n) is 3.66. The number of hydrogen-bond donors (Lipinski definition) is 1. The summed E-state index contributed by atoms with van der Waals surface area (Å²) in [7, 11) is 0. The molecule has 1 N–H and O–H groups in total. The highest BCUT2D eigenvalue weighted by molar-refractivity contribution is 5.65. The van der Waals surface area contributed by atoms with Crippen LogP contribution in [-0.4, -0.2) is 34.8 Å². The van der Waals surface area contributed by atoms with Crippen LogP contribution < -0.4 is 0 Å². The Kier molecular flexibility index (Phi) is 3.92. The van der Waals surface area contributed by atoms with Crippen LogP contribution in [0.25, 0.3) is 0 Å². The van der Waals surface area contributed by atoms with Crippen LogP contribution in [0.1, 0.15) is 31.2 Å². The fraction of sp³-hybridized carbons (Fsp3) is 0.562. The second-order valence-electron chi connectivity index (χ2n) is 5.76. The zero-order chi connectivity index (χ0) is 13.9. The number of amides is 1. The van der Waals surface area contributed by atoms with Crippen molar-refractivity contribution in [2.75, 3.05) is 6.54 Å². The van der Waals surface area contributed by atoms with Gasteiger partial charge < -0.3 is 14.7 Å². The van der Waals surface area contributed by atoms with Crippen LogP contribution in [0, 0.1) is 5.92 Å². The molecule has 1 unspecified atom stereocenters. The zero-order valence-corrected chi connectivity index (χ0v) is 11.6. The third-order valence-corrected chi connectivity index (χ3v) is 4.61. The summed E-state index contributed by atoms with van der Waals surface area (Å²) in [5, 5.41) is 9.26. The molecule has 1 aromatic rings. The van der Waals surface area contributed by atoms with Gasteiger partial charge in [-0.2, -0.15) is 0 Å². The molecule has 3 atom stereocenters. The highest BCUT2D eigenvalue weighted by Crippen LogP contribution is 2.39. The van der Waals surface area contributed by atoms with Crippen molar-refractivity contribution < 1.29 is 14.6 Å². The molecule has 0 radical (unpaired) electrons. The van der Waals surface area contributed by atoms with Crippen LogP contribution >= 0.6 is 0 Å². The summed E-state index contributed by atoms with van der Waals surface area (Å²) in [6.07, 6.45) is 3.40. The van der Waals surface area contributed by atoms with Gasteiger partial charge in [0.15, 0.2) is 0 Å². The van der Waals surface area contributed by atoms with Gasteiger partial charge >= 0.3 is 6.09 Å². The van der Waals surface area contributed by atoms with Crippen molar-refractivity contribution in [3.05, 3.63) is 35.9 Å². The predicted molar refractivity (Wildman–Crippen MR) is 75.5 cm³/mol. The van der Waals surface area contributed by atoms with E-state index < -0.39 is 6.09 Å². The van der Waals surface area contributed by atoms with E-state index in [4.69, 9.17) is 4.74 Å². The van der Waals surface area contributed by atoms with Crippen LogP contribution in [-0.2, 0) is 11.3 Å². The summed E-state index contributed by atoms with van der Waals surface area (Å²) in [4.78, 5) is 12.9. The van der Waals surface area contributed by atoms with Gasteiger partial charge in [-0.1, -0.05) is 30.3 Å². The first-order chi connectivity index (χ1) is 9.75. The van der Waals surface area contributed by atoms with E-state index in [1.165, 1.54) is 5.56 Å². The maximum Gasteiger partial charge on any atom is 0.407 e. The summed E-state index contributed by atoms with van der Waals surface area (Å²) < 4.78 is 6.07. The number of piperidine rings is 1. The SMILES string of the molecule is O=C(O)N1CCC[C@H]2C(OCc3ccccc3)CC[C@H]21. The third-order valence-electron chi connectivity index (χ3n) is 4.61. The number of benzene rings is 1. The molecule has 3 rings (SSSR count). The van der Waals surface area contributed by atoms with E-state index in [-0.39, 0.29) is 12.1 Å². The molecule has 1 amide bonds. The standard InChI is InChI=1S/C16H21NO3/c18-16(19)17-10-4-7-13-14(17)8-9-15(13)20-11-12-5-2-1-3-6-12/h1-3,5-6,13-15H,4,7-11H2,(H,18,19)/t13-,14-,15?/m1/s1. The second-order valence-corrected chi connectivity index (χ2v) is 5.76. The summed E-state index contributed by atoms with van der Waals surface area (Å²) in [5.74, 6) is 0.378. The van der Waals surface area contributed by atoms with Crippen molar-refractivity contribution >= 4 is 6.09 Å². The first-order valence-electron chi connectivity index (χ1n) is 7.41. The van der Waals surface area contributed by atoms with Gasteiger partial charge in [0.25, 0.3) is 0 Å². The van der Waals surface area contributed by atoms with E-state index in [2.05, 4.69) is 12.1 Å². The lowest BCUT2D eigenvalue weighted by Crippen LogP contribution is -2.47. The molecule has 2 aliphatic rings. The Morgan fingerprint density at radius 1 is 1.25 bits per heavy atom. The zero-order valence-electron chi connectivity index (χ0n) is 11.6. The van der Waals surface area contributed by atoms with Crippen molar-refractivity contribution in [2.24, 2.45) is 5.92 Å². The highest BCUT2D eigenvalue weighted by atomic mass is 16.5. The van der Waals surface area contributed by atoms with E-state index in [0.29, 0.717) is 19.1 Å². The molecule has 4 nitrogen and oxygen atoms in total. The van der Waals surface area contributed by atoms with Crippen LogP contribution in [0.4, 0.5) is 4.79 Å². The average Bonchev–Trinajstić information content (AvgIpc) is 2.89. The van der Waals surface area contributed by atoms with E-state index in [9.17, 15) is 9.90 Å². The maximum absolute atomic E-state index is 11.3. The monoisotopic (exact) mass is 275 g/mol. The van der Waals surface area contributed by atoms with Gasteiger partial charge in [-0.15, -0.1) is 0 Å². The summed E-state index contributed by atoms with van der Waals surface area (Å²) in [6, 6.07) is 10.3. The summed E-state index contributed by atoms with van der Waals surface area (Å²) in [5.41, 5.74) is 1.18. The first kappa shape index (κ1) is 13.4. The molecule has 108 valence electrons. The lowest BCUT2D eigenvalue weighted by atomic mass is 9.91. The smallest absolute Gasteiger partial charge is 0.407 e. The van der Waals surface area contributed by atoms with Gasteiger partial charge in [-0.25, -0.2) is 4.79 Å². The molecule has 1 aliphatic carbocycles. The van der Waals surface area contributed by atoms with Crippen LogP contribution in [0.15, 0.2) is 30.3 Å². The number of carbonyl (C=O) groups is 1. The number of hydrogen-bond acceptors (Lipinski definition) is 2. The summed E-state index contributed by atoms with van der Waals surface area (Å²) >= 11 is 0. The van der Waals surface area contributed by atoms with Gasteiger partial charge in [0, 0.05) is 18.5 Å². The van der Waals surface area contributed by atoms with Crippen molar-refractivity contribution in [2.45, 2.75) is 44.4 Å². The Labute approximate surface area is 119 Å². The van der Waals surface area contributed by atoms with Gasteiger partial charge in [0.1, 0.15) is 0 Å². The van der Waals surface area contributed by atoms with Gasteiger partial charge in [0.05, 0.1) is 12.7 Å². The van der Waals surface area contributed by atoms with E-state index in [1.807, 2.05) is 18.2 Å². The molecule has 1 aliphatic heterocycles. The highest BCUT2D eigenvalue weighted by Gasteiger charge is 2.43. The molecule has 20 heavy (non-hydrogen) atoms. The number of rotatable bonds is 3. The fourth-order valence-corrected chi connectivity index (χ4v) is 3.66. The molecular formula is C16H21NO3. The number of carboxylic acid groups (broad SMARTS) is 1. The molecule has 4 heteroatoms. The third kappa shape index (κ3) is 2.66. The molecule has 0 bridgehead atoms.